The van der Waals surface area contributed by atoms with Gasteiger partial charge in [-0.25, -0.2) is 5.48 Å². The first-order chi connectivity index (χ1) is 16.2. The van der Waals surface area contributed by atoms with Crippen LogP contribution in [0.2, 0.25) is 0 Å². The molecule has 2 amide bonds. The molecule has 186 valence electrons. The molecular weight excluding hydrogens is 436 g/mol. The van der Waals surface area contributed by atoms with E-state index in [9.17, 15) is 14.4 Å². The van der Waals surface area contributed by atoms with Crippen LogP contribution in [0.3, 0.4) is 0 Å². The minimum absolute atomic E-state index is 0.0951. The van der Waals surface area contributed by atoms with Gasteiger partial charge in [0.1, 0.15) is 18.3 Å². The third-order valence-electron chi connectivity index (χ3n) is 5.85. The van der Waals surface area contributed by atoms with Crippen molar-refractivity contribution in [2.24, 2.45) is 11.3 Å². The third-order valence-corrected chi connectivity index (χ3v) is 5.85. The van der Waals surface area contributed by atoms with Crippen LogP contribution in [0.4, 0.5) is 0 Å². The fraction of sp³-hybridized carbons (Fsp3) is 0.560. The van der Waals surface area contributed by atoms with Crippen molar-refractivity contribution < 1.29 is 24.0 Å². The number of methoxy groups -OCH3 is 1. The fourth-order valence-corrected chi connectivity index (χ4v) is 4.15. The maximum Gasteiger partial charge on any atom is 0.268 e. The van der Waals surface area contributed by atoms with E-state index in [0.29, 0.717) is 31.7 Å². The normalized spacial score (nSPS) is 18.3. The molecule has 1 aromatic heterocycles. The quantitative estimate of drug-likeness (QED) is 0.421. The highest BCUT2D eigenvalue weighted by molar-refractivity contribution is 6.00. The highest BCUT2D eigenvalue weighted by atomic mass is 16.6. The summed E-state index contributed by atoms with van der Waals surface area (Å²) in [6.45, 7) is 7.07. The Kier molecular flexibility index (Phi) is 8.82. The average molecular weight is 473 g/mol. The van der Waals surface area contributed by atoms with Gasteiger partial charge in [0.2, 0.25) is 5.91 Å². The summed E-state index contributed by atoms with van der Waals surface area (Å²) < 4.78 is 5.03. The number of H-pyrrole nitrogens is 1. The molecule has 1 fully saturated rings. The maximum absolute atomic E-state index is 13.3. The van der Waals surface area contributed by atoms with Crippen LogP contribution in [0, 0.1) is 11.3 Å². The second-order valence-corrected chi connectivity index (χ2v) is 10.1. The minimum Gasteiger partial charge on any atom is -0.377 e. The number of ether oxygens (including phenoxy) is 1. The zero-order valence-corrected chi connectivity index (χ0v) is 20.4. The van der Waals surface area contributed by atoms with Crippen molar-refractivity contribution in [2.75, 3.05) is 26.9 Å². The van der Waals surface area contributed by atoms with Gasteiger partial charge < -0.3 is 25.2 Å². The van der Waals surface area contributed by atoms with Crippen LogP contribution in [-0.4, -0.2) is 61.5 Å². The Balaban J connectivity index is 1.74. The number of carbonyl (C=O) groups excluding carboxylic acids is 3. The molecule has 0 bridgehead atoms. The van der Waals surface area contributed by atoms with Crippen LogP contribution in [0.1, 0.15) is 50.5 Å². The van der Waals surface area contributed by atoms with Crippen LogP contribution in [-0.2, 0) is 19.2 Å². The van der Waals surface area contributed by atoms with Crippen molar-refractivity contribution >= 4 is 28.5 Å². The Morgan fingerprint density at radius 1 is 1.18 bits per heavy atom. The number of amides is 2. The number of ketones is 1. The molecule has 1 aliphatic rings. The van der Waals surface area contributed by atoms with Gasteiger partial charge in [-0.05, 0) is 42.7 Å². The van der Waals surface area contributed by atoms with Crippen molar-refractivity contribution in [3.05, 3.63) is 36.0 Å². The SMILES string of the molecule is COCC(=O)C(CC1CCNOC1)NC(=O)[C@H](CC(C)(C)C)NC(=O)c1cc2ccccc2[nH]1. The third kappa shape index (κ3) is 7.38. The number of nitrogens with one attached hydrogen (secondary N) is 4. The van der Waals surface area contributed by atoms with E-state index in [2.05, 4.69) is 21.1 Å². The molecular formula is C25H36N4O5. The number of Topliss-reactive ketones (excluding diaryl/α,β-unsaturated/α-hetero) is 1. The van der Waals surface area contributed by atoms with Crippen molar-refractivity contribution in [1.82, 2.24) is 21.1 Å². The molecule has 2 aromatic rings. The van der Waals surface area contributed by atoms with E-state index in [4.69, 9.17) is 9.57 Å². The fourth-order valence-electron chi connectivity index (χ4n) is 4.15. The van der Waals surface area contributed by atoms with E-state index in [0.717, 1.165) is 17.3 Å². The monoisotopic (exact) mass is 472 g/mol. The molecule has 1 saturated heterocycles. The lowest BCUT2D eigenvalue weighted by Gasteiger charge is -2.30. The molecule has 1 aromatic carbocycles. The van der Waals surface area contributed by atoms with Crippen LogP contribution < -0.4 is 16.1 Å². The first-order valence-corrected chi connectivity index (χ1v) is 11.7. The number of hydroxylamine groups is 1. The van der Waals surface area contributed by atoms with Crippen molar-refractivity contribution in [1.29, 1.82) is 0 Å². The van der Waals surface area contributed by atoms with Gasteiger partial charge in [-0.1, -0.05) is 39.0 Å². The Labute approximate surface area is 200 Å². The summed E-state index contributed by atoms with van der Waals surface area (Å²) in [5, 5.41) is 6.67. The van der Waals surface area contributed by atoms with E-state index >= 15 is 0 Å². The summed E-state index contributed by atoms with van der Waals surface area (Å²) in [6.07, 6.45) is 1.70. The number of fused-ring (bicyclic) bond motifs is 1. The standard InChI is InChI=1S/C25H36N4O5/c1-25(2,3)13-21(29-23(31)20-12-17-7-5-6-8-18(17)27-20)24(32)28-19(22(30)15-33-4)11-16-9-10-26-34-14-16/h5-8,12,16,19,21,26-27H,9-11,13-15H2,1-4H3,(H,28,32)(H,29,31)/t16?,19?,21-/m0/s1. The Morgan fingerprint density at radius 3 is 2.59 bits per heavy atom. The van der Waals surface area contributed by atoms with Gasteiger partial charge in [0.05, 0.1) is 12.6 Å². The molecule has 1 aliphatic heterocycles. The predicted molar refractivity (Wildman–Crippen MR) is 129 cm³/mol. The average Bonchev–Trinajstić information content (AvgIpc) is 3.22. The van der Waals surface area contributed by atoms with Gasteiger partial charge >= 0.3 is 0 Å². The van der Waals surface area contributed by atoms with Gasteiger partial charge in [-0.15, -0.1) is 0 Å². The first kappa shape index (κ1) is 25.9. The zero-order valence-electron chi connectivity index (χ0n) is 20.4. The maximum atomic E-state index is 13.3. The smallest absolute Gasteiger partial charge is 0.268 e. The Morgan fingerprint density at radius 2 is 1.94 bits per heavy atom. The van der Waals surface area contributed by atoms with Gasteiger partial charge in [0.15, 0.2) is 5.78 Å². The van der Waals surface area contributed by atoms with E-state index in [1.165, 1.54) is 7.11 Å². The number of aromatic amines is 1. The van der Waals surface area contributed by atoms with Crippen LogP contribution >= 0.6 is 0 Å². The molecule has 4 N–H and O–H groups in total. The summed E-state index contributed by atoms with van der Waals surface area (Å²) >= 11 is 0. The number of benzene rings is 1. The number of carbonyl (C=O) groups is 3. The molecule has 0 aliphatic carbocycles. The minimum atomic E-state index is -0.805. The lowest BCUT2D eigenvalue weighted by Crippen LogP contribution is -2.54. The first-order valence-electron chi connectivity index (χ1n) is 11.7. The highest BCUT2D eigenvalue weighted by Gasteiger charge is 2.32. The van der Waals surface area contributed by atoms with Crippen LogP contribution in [0.15, 0.2) is 30.3 Å². The molecule has 34 heavy (non-hydrogen) atoms. The molecule has 2 heterocycles. The van der Waals surface area contributed by atoms with Gasteiger partial charge in [0.25, 0.3) is 5.91 Å². The van der Waals surface area contributed by atoms with E-state index in [-0.39, 0.29) is 35.5 Å². The zero-order chi connectivity index (χ0) is 24.7. The molecule has 2 unspecified atom stereocenters. The molecule has 3 rings (SSSR count). The number of hydrogen-bond acceptors (Lipinski definition) is 6. The van der Waals surface area contributed by atoms with E-state index in [1.54, 1.807) is 6.07 Å². The highest BCUT2D eigenvalue weighted by Crippen LogP contribution is 2.22. The van der Waals surface area contributed by atoms with Crippen molar-refractivity contribution in [3.8, 4) is 0 Å². The summed E-state index contributed by atoms with van der Waals surface area (Å²) in [5.41, 5.74) is 3.82. The Bertz CT molecular complexity index is 958. The van der Waals surface area contributed by atoms with Gasteiger partial charge in [0, 0.05) is 24.6 Å². The van der Waals surface area contributed by atoms with E-state index < -0.39 is 12.1 Å². The lowest BCUT2D eigenvalue weighted by atomic mass is 9.87. The lowest BCUT2D eigenvalue weighted by molar-refractivity contribution is -0.132. The van der Waals surface area contributed by atoms with Gasteiger partial charge in [-0.2, -0.15) is 0 Å². The summed E-state index contributed by atoms with van der Waals surface area (Å²) in [7, 11) is 1.45. The summed E-state index contributed by atoms with van der Waals surface area (Å²) in [4.78, 5) is 47.5. The van der Waals surface area contributed by atoms with Crippen molar-refractivity contribution in [2.45, 2.75) is 52.1 Å². The molecule has 9 nitrogen and oxygen atoms in total. The van der Waals surface area contributed by atoms with E-state index in [1.807, 2.05) is 45.0 Å². The van der Waals surface area contributed by atoms with Crippen LogP contribution in [0.25, 0.3) is 10.9 Å². The topological polar surface area (TPSA) is 122 Å². The van der Waals surface area contributed by atoms with Gasteiger partial charge in [-0.3, -0.25) is 14.4 Å². The molecule has 0 saturated carbocycles. The Hall–Kier alpha value is -2.75. The molecule has 0 spiro atoms. The largest absolute Gasteiger partial charge is 0.377 e. The molecule has 0 radical (unpaired) electrons. The summed E-state index contributed by atoms with van der Waals surface area (Å²) in [5.74, 6) is -0.823. The molecule has 3 atom stereocenters. The second-order valence-electron chi connectivity index (χ2n) is 10.1. The number of hydrogen-bond donors (Lipinski definition) is 4. The number of rotatable bonds is 10. The van der Waals surface area contributed by atoms with Crippen molar-refractivity contribution in [3.63, 3.8) is 0 Å². The summed E-state index contributed by atoms with van der Waals surface area (Å²) in [6, 6.07) is 7.84. The predicted octanol–water partition coefficient (Wildman–Crippen LogP) is 2.33. The second kappa shape index (κ2) is 11.6. The molecule has 9 heteroatoms. The number of para-hydroxylation sites is 1. The number of aromatic nitrogens is 1. The van der Waals surface area contributed by atoms with Crippen LogP contribution in [0.5, 0.6) is 0 Å².